The molecular formula is C59H92O6. The van der Waals surface area contributed by atoms with Crippen LogP contribution in [0.3, 0.4) is 0 Å². The van der Waals surface area contributed by atoms with Gasteiger partial charge in [0.25, 0.3) is 0 Å². The zero-order chi connectivity index (χ0) is 47.2. The maximum atomic E-state index is 12.8. The molecule has 1 atom stereocenters. The van der Waals surface area contributed by atoms with E-state index >= 15 is 0 Å². The zero-order valence-electron chi connectivity index (χ0n) is 41.4. The van der Waals surface area contributed by atoms with Crippen LogP contribution >= 0.6 is 0 Å². The molecule has 0 spiro atoms. The summed E-state index contributed by atoms with van der Waals surface area (Å²) in [6, 6.07) is 0. The number of allylic oxidation sites excluding steroid dienone is 22. The third-order valence-electron chi connectivity index (χ3n) is 10.2. The molecule has 0 aliphatic carbocycles. The van der Waals surface area contributed by atoms with Crippen molar-refractivity contribution >= 4 is 17.9 Å². The second-order valence-electron chi connectivity index (χ2n) is 16.4. The summed E-state index contributed by atoms with van der Waals surface area (Å²) in [5, 5.41) is 0. The van der Waals surface area contributed by atoms with E-state index in [1.807, 2.05) is 6.08 Å². The molecule has 0 rings (SSSR count). The number of carbonyl (C=O) groups excluding carboxylic acids is 3. The number of rotatable bonds is 44. The number of unbranched alkanes of at least 4 members (excludes halogenated alkanes) is 13. The van der Waals surface area contributed by atoms with Gasteiger partial charge in [-0.3, -0.25) is 14.4 Å². The van der Waals surface area contributed by atoms with Gasteiger partial charge in [0.1, 0.15) is 13.2 Å². The van der Waals surface area contributed by atoms with Crippen LogP contribution in [0.4, 0.5) is 0 Å². The highest BCUT2D eigenvalue weighted by atomic mass is 16.6. The lowest BCUT2D eigenvalue weighted by Gasteiger charge is -2.18. The number of carbonyl (C=O) groups is 3. The Hall–Kier alpha value is -4.45. The molecule has 0 aromatic rings. The van der Waals surface area contributed by atoms with Gasteiger partial charge in [-0.25, -0.2) is 0 Å². The van der Waals surface area contributed by atoms with Gasteiger partial charge in [0.05, 0.1) is 0 Å². The molecule has 0 aromatic carbocycles. The maximum absolute atomic E-state index is 12.8. The Balaban J connectivity index is 4.61. The van der Waals surface area contributed by atoms with Crippen molar-refractivity contribution in [1.29, 1.82) is 0 Å². The fourth-order valence-electron chi connectivity index (χ4n) is 6.37. The molecule has 0 aromatic heterocycles. The summed E-state index contributed by atoms with van der Waals surface area (Å²) in [5.41, 5.74) is 0. The van der Waals surface area contributed by atoms with E-state index in [2.05, 4.69) is 148 Å². The number of esters is 3. The summed E-state index contributed by atoms with van der Waals surface area (Å²) in [4.78, 5) is 37.9. The van der Waals surface area contributed by atoms with Gasteiger partial charge in [-0.05, 0) is 109 Å². The first kappa shape index (κ1) is 60.5. The van der Waals surface area contributed by atoms with E-state index in [0.29, 0.717) is 19.3 Å². The molecule has 0 heterocycles. The van der Waals surface area contributed by atoms with Gasteiger partial charge in [-0.1, -0.05) is 206 Å². The van der Waals surface area contributed by atoms with E-state index in [9.17, 15) is 14.4 Å². The minimum absolute atomic E-state index is 0.132. The minimum atomic E-state index is -0.840. The average Bonchev–Trinajstić information content (AvgIpc) is 3.30. The van der Waals surface area contributed by atoms with Crippen molar-refractivity contribution in [2.75, 3.05) is 13.2 Å². The summed E-state index contributed by atoms with van der Waals surface area (Å²) in [5.74, 6) is -1.07. The van der Waals surface area contributed by atoms with Crippen molar-refractivity contribution in [3.8, 4) is 0 Å². The van der Waals surface area contributed by atoms with Crippen molar-refractivity contribution in [3.05, 3.63) is 134 Å². The molecule has 0 aliphatic rings. The summed E-state index contributed by atoms with van der Waals surface area (Å²) in [6.07, 6.45) is 73.0. The van der Waals surface area contributed by atoms with Crippen molar-refractivity contribution in [3.63, 3.8) is 0 Å². The monoisotopic (exact) mass is 897 g/mol. The third-order valence-corrected chi connectivity index (χ3v) is 10.2. The van der Waals surface area contributed by atoms with E-state index in [-0.39, 0.29) is 44.0 Å². The minimum Gasteiger partial charge on any atom is -0.462 e. The fourth-order valence-corrected chi connectivity index (χ4v) is 6.37. The van der Waals surface area contributed by atoms with E-state index in [1.165, 1.54) is 44.9 Å². The van der Waals surface area contributed by atoms with Crippen LogP contribution in [0.5, 0.6) is 0 Å². The lowest BCUT2D eigenvalue weighted by Crippen LogP contribution is -2.30. The van der Waals surface area contributed by atoms with Crippen LogP contribution in [0.15, 0.2) is 134 Å². The number of ether oxygens (including phenoxy) is 3. The van der Waals surface area contributed by atoms with Crippen molar-refractivity contribution in [1.82, 2.24) is 0 Å². The van der Waals surface area contributed by atoms with Gasteiger partial charge in [-0.2, -0.15) is 0 Å². The molecule has 0 N–H and O–H groups in total. The molecule has 6 heteroatoms. The average molecular weight is 897 g/mol. The Morgan fingerprint density at radius 1 is 0.338 bits per heavy atom. The number of hydrogen-bond donors (Lipinski definition) is 0. The van der Waals surface area contributed by atoms with E-state index in [4.69, 9.17) is 14.2 Å². The Morgan fingerprint density at radius 3 is 1.17 bits per heavy atom. The summed E-state index contributed by atoms with van der Waals surface area (Å²) in [6.45, 7) is 6.25. The number of hydrogen-bond acceptors (Lipinski definition) is 6. The largest absolute Gasteiger partial charge is 0.462 e. The quantitative estimate of drug-likeness (QED) is 0.0199. The summed E-state index contributed by atoms with van der Waals surface area (Å²) < 4.78 is 16.7. The summed E-state index contributed by atoms with van der Waals surface area (Å²) in [7, 11) is 0. The first-order valence-electron chi connectivity index (χ1n) is 25.7. The van der Waals surface area contributed by atoms with Gasteiger partial charge in [0.15, 0.2) is 6.10 Å². The normalized spacial score (nSPS) is 13.2. The van der Waals surface area contributed by atoms with Crippen molar-refractivity contribution < 1.29 is 28.6 Å². The third kappa shape index (κ3) is 50.4. The van der Waals surface area contributed by atoms with Gasteiger partial charge >= 0.3 is 17.9 Å². The highest BCUT2D eigenvalue weighted by molar-refractivity contribution is 5.71. The van der Waals surface area contributed by atoms with Gasteiger partial charge < -0.3 is 14.2 Å². The first-order chi connectivity index (χ1) is 32.0. The van der Waals surface area contributed by atoms with Crippen LogP contribution in [0.1, 0.15) is 201 Å². The van der Waals surface area contributed by atoms with Gasteiger partial charge in [-0.15, -0.1) is 0 Å². The lowest BCUT2D eigenvalue weighted by molar-refractivity contribution is -0.167. The SMILES string of the molecule is CC\C=C/C=C\C=C/CCCCCCCC(=O)OCC(COC(=O)CCC/C=C\C/C=C\C/C=C\C/C=C\C/C=C\CC)OC(=O)CCC/C=C\C/C=C\C/C=C\CCCCCCCC. The van der Waals surface area contributed by atoms with E-state index < -0.39 is 6.10 Å². The van der Waals surface area contributed by atoms with Crippen molar-refractivity contribution in [2.24, 2.45) is 0 Å². The predicted octanol–water partition coefficient (Wildman–Crippen LogP) is 17.1. The van der Waals surface area contributed by atoms with Gasteiger partial charge in [0, 0.05) is 19.3 Å². The van der Waals surface area contributed by atoms with Gasteiger partial charge in [0.2, 0.25) is 0 Å². The molecular weight excluding hydrogens is 805 g/mol. The van der Waals surface area contributed by atoms with Crippen LogP contribution in [0, 0.1) is 0 Å². The predicted molar refractivity (Wildman–Crippen MR) is 279 cm³/mol. The zero-order valence-corrected chi connectivity index (χ0v) is 41.4. The standard InChI is InChI=1S/C59H92O6/c1-4-7-10-13-16-19-22-25-27-29-31-34-37-40-43-46-49-52-58(61)64-55-56(54-63-57(60)51-48-45-42-39-36-33-24-21-18-15-12-9-6-3)65-59(62)53-50-47-44-41-38-35-32-30-28-26-23-20-17-14-11-8-5-2/h7,9-10,12,15-16,18-19,21,24-28,31-32,34-35,40-41,43-44,56H,4-6,8,11,13-14,17,20,22-23,29-30,33,36-39,42,45-55H2,1-3H3/b10-7-,12-9-,18-15-,19-16-,24-21-,27-25-,28-26-,34-31-,35-32-,43-40-,44-41-. The van der Waals surface area contributed by atoms with E-state index in [1.54, 1.807) is 0 Å². The van der Waals surface area contributed by atoms with E-state index in [0.717, 1.165) is 103 Å². The summed E-state index contributed by atoms with van der Waals surface area (Å²) >= 11 is 0. The smallest absolute Gasteiger partial charge is 0.306 e. The molecule has 6 nitrogen and oxygen atoms in total. The van der Waals surface area contributed by atoms with Crippen LogP contribution in [-0.4, -0.2) is 37.2 Å². The molecule has 65 heavy (non-hydrogen) atoms. The van der Waals surface area contributed by atoms with Crippen molar-refractivity contribution in [2.45, 2.75) is 207 Å². The second-order valence-corrected chi connectivity index (χ2v) is 16.4. The highest BCUT2D eigenvalue weighted by Gasteiger charge is 2.19. The molecule has 0 amide bonds. The molecule has 0 saturated heterocycles. The molecule has 1 unspecified atom stereocenters. The fraction of sp³-hybridized carbons (Fsp3) is 0.576. The van der Waals surface area contributed by atoms with Crippen LogP contribution in [0.2, 0.25) is 0 Å². The van der Waals surface area contributed by atoms with Crippen LogP contribution in [-0.2, 0) is 28.6 Å². The molecule has 0 fully saturated rings. The van der Waals surface area contributed by atoms with Crippen LogP contribution in [0.25, 0.3) is 0 Å². The topological polar surface area (TPSA) is 78.9 Å². The Kier molecular flexibility index (Phi) is 48.6. The Labute approximate surface area is 398 Å². The molecule has 0 saturated carbocycles. The molecule has 0 bridgehead atoms. The van der Waals surface area contributed by atoms with Crippen LogP contribution < -0.4 is 0 Å². The lowest BCUT2D eigenvalue weighted by atomic mass is 10.1. The Morgan fingerprint density at radius 2 is 0.692 bits per heavy atom. The first-order valence-corrected chi connectivity index (χ1v) is 25.7. The maximum Gasteiger partial charge on any atom is 0.306 e. The Bertz CT molecular complexity index is 1450. The molecule has 364 valence electrons. The molecule has 0 radical (unpaired) electrons. The molecule has 0 aliphatic heterocycles. The second kappa shape index (κ2) is 52.2. The highest BCUT2D eigenvalue weighted by Crippen LogP contribution is 2.11.